The van der Waals surface area contributed by atoms with Gasteiger partial charge in [-0.1, -0.05) is 0 Å². The highest BCUT2D eigenvalue weighted by Crippen LogP contribution is 2.36. The fraction of sp³-hybridized carbons (Fsp3) is 0.200. The quantitative estimate of drug-likeness (QED) is 0.220. The van der Waals surface area contributed by atoms with Crippen LogP contribution >= 0.6 is 0 Å². The van der Waals surface area contributed by atoms with Gasteiger partial charge in [-0.05, 0) is 62.2 Å². The van der Waals surface area contributed by atoms with Gasteiger partial charge in [-0.25, -0.2) is 17.5 Å². The number of nitro groups is 1. The summed E-state index contributed by atoms with van der Waals surface area (Å²) in [5.41, 5.74) is 0.0821. The van der Waals surface area contributed by atoms with Crippen LogP contribution in [-0.4, -0.2) is 35.1 Å². The van der Waals surface area contributed by atoms with Crippen molar-refractivity contribution >= 4 is 21.6 Å². The topological polar surface area (TPSA) is 159 Å². The molecule has 2 aromatic carbocycles. The van der Waals surface area contributed by atoms with Crippen molar-refractivity contribution in [2.75, 3.05) is 0 Å². The van der Waals surface area contributed by atoms with E-state index in [0.717, 1.165) is 18.2 Å². The summed E-state index contributed by atoms with van der Waals surface area (Å²) in [5.74, 6) is -0.818. The minimum absolute atomic E-state index is 0.0386. The number of nitrogens with zero attached hydrogens (tertiary/aromatic N) is 3. The van der Waals surface area contributed by atoms with Gasteiger partial charge in [0.1, 0.15) is 22.2 Å². The summed E-state index contributed by atoms with van der Waals surface area (Å²) in [5, 5.41) is 18.4. The van der Waals surface area contributed by atoms with Crippen LogP contribution in [0, 0.1) is 22.9 Å². The van der Waals surface area contributed by atoms with Crippen molar-refractivity contribution in [3.63, 3.8) is 0 Å². The van der Waals surface area contributed by atoms with E-state index in [1.807, 2.05) is 0 Å². The van der Waals surface area contributed by atoms with Crippen LogP contribution < -0.4 is 14.8 Å². The molecule has 12 nitrogen and oxygen atoms in total. The van der Waals surface area contributed by atoms with Crippen molar-refractivity contribution in [2.24, 2.45) is 0 Å². The molecule has 2 N–H and O–H groups in total. The van der Waals surface area contributed by atoms with Crippen molar-refractivity contribution < 1.29 is 31.7 Å². The third-order valence-electron chi connectivity index (χ3n) is 5.89. The van der Waals surface area contributed by atoms with Crippen molar-refractivity contribution in [1.29, 1.82) is 0 Å². The lowest BCUT2D eigenvalue weighted by Crippen LogP contribution is -2.26. The second-order valence-corrected chi connectivity index (χ2v) is 10.5. The summed E-state index contributed by atoms with van der Waals surface area (Å²) in [4.78, 5) is 23.2. The number of furan rings is 1. The first kappa shape index (κ1) is 26.1. The number of hydrogen-bond donors (Lipinski definition) is 2. The lowest BCUT2D eigenvalue weighted by Gasteiger charge is -2.14. The number of hydrogen-bond acceptors (Lipinski definition) is 8. The largest absolute Gasteiger partial charge is 0.467 e. The Labute approximate surface area is 221 Å². The summed E-state index contributed by atoms with van der Waals surface area (Å²) in [6.45, 7) is 1.63. The van der Waals surface area contributed by atoms with Crippen molar-refractivity contribution in [3.8, 4) is 17.3 Å². The molecule has 4 aromatic rings. The molecule has 39 heavy (non-hydrogen) atoms. The maximum absolute atomic E-state index is 13.6. The van der Waals surface area contributed by atoms with Crippen molar-refractivity contribution in [3.05, 3.63) is 93.8 Å². The van der Waals surface area contributed by atoms with Crippen LogP contribution in [0.25, 0.3) is 5.69 Å². The smallest absolute Gasteiger partial charge is 0.272 e. The summed E-state index contributed by atoms with van der Waals surface area (Å²) >= 11 is 0. The number of non-ortho nitro benzene ring substituents is 1. The SMILES string of the molecule is Cc1c(C(=O)NCc2ccco2)nn(-c2ccc(F)cc2)c1Oc1ccc([N+](=O)[O-])cc1S(=O)(=O)NC1CC1. The van der Waals surface area contributed by atoms with E-state index in [2.05, 4.69) is 15.1 Å². The third-order valence-corrected chi connectivity index (χ3v) is 7.43. The molecule has 0 bridgehead atoms. The van der Waals surface area contributed by atoms with E-state index in [-0.39, 0.29) is 35.5 Å². The Morgan fingerprint density at radius 2 is 1.97 bits per heavy atom. The molecule has 2 heterocycles. The lowest BCUT2D eigenvalue weighted by atomic mass is 10.2. The highest BCUT2D eigenvalue weighted by atomic mass is 32.2. The van der Waals surface area contributed by atoms with E-state index in [0.29, 0.717) is 24.3 Å². The molecule has 0 atom stereocenters. The first-order chi connectivity index (χ1) is 18.6. The van der Waals surface area contributed by atoms with Gasteiger partial charge in [0.05, 0.1) is 23.4 Å². The number of benzene rings is 2. The van der Waals surface area contributed by atoms with Gasteiger partial charge in [-0.2, -0.15) is 9.78 Å². The lowest BCUT2D eigenvalue weighted by molar-refractivity contribution is -0.385. The molecule has 202 valence electrons. The zero-order valence-corrected chi connectivity index (χ0v) is 21.3. The van der Waals surface area contributed by atoms with Crippen LogP contribution in [0.2, 0.25) is 0 Å². The molecule has 1 aliphatic rings. The normalized spacial score (nSPS) is 13.3. The van der Waals surface area contributed by atoms with E-state index < -0.39 is 37.3 Å². The number of rotatable bonds is 10. The Hall–Kier alpha value is -4.56. The maximum Gasteiger partial charge on any atom is 0.272 e. The molecule has 14 heteroatoms. The Morgan fingerprint density at radius 1 is 1.23 bits per heavy atom. The van der Waals surface area contributed by atoms with Crippen LogP contribution in [0.4, 0.5) is 10.1 Å². The monoisotopic (exact) mass is 555 g/mol. The molecule has 0 saturated heterocycles. The fourth-order valence-corrected chi connectivity index (χ4v) is 5.18. The highest BCUT2D eigenvalue weighted by Gasteiger charge is 2.32. The van der Waals surface area contributed by atoms with E-state index in [9.17, 15) is 27.7 Å². The molecule has 1 aliphatic carbocycles. The molecule has 0 radical (unpaired) electrons. The van der Waals surface area contributed by atoms with Gasteiger partial charge >= 0.3 is 0 Å². The zero-order chi connectivity index (χ0) is 27.7. The van der Waals surface area contributed by atoms with Crippen LogP contribution in [0.15, 0.2) is 70.2 Å². The number of sulfonamides is 1. The average molecular weight is 556 g/mol. The van der Waals surface area contributed by atoms with E-state index in [1.54, 1.807) is 19.1 Å². The van der Waals surface area contributed by atoms with Crippen LogP contribution in [0.1, 0.15) is 34.7 Å². The van der Waals surface area contributed by atoms with Crippen LogP contribution in [0.5, 0.6) is 11.6 Å². The van der Waals surface area contributed by atoms with Gasteiger partial charge < -0.3 is 14.5 Å². The number of ether oxygens (including phenoxy) is 1. The number of nitrogens with one attached hydrogen (secondary N) is 2. The molecule has 0 aliphatic heterocycles. The van der Waals surface area contributed by atoms with Crippen molar-refractivity contribution in [2.45, 2.75) is 37.2 Å². The summed E-state index contributed by atoms with van der Waals surface area (Å²) in [7, 11) is -4.19. The molecular formula is C25H22FN5O7S. The summed E-state index contributed by atoms with van der Waals surface area (Å²) in [6, 6.07) is 11.5. The maximum atomic E-state index is 13.6. The van der Waals surface area contributed by atoms with Gasteiger partial charge in [0.15, 0.2) is 5.69 Å². The number of nitro benzene ring substituents is 1. The van der Waals surface area contributed by atoms with E-state index >= 15 is 0 Å². The van der Waals surface area contributed by atoms with E-state index in [4.69, 9.17) is 9.15 Å². The Morgan fingerprint density at radius 3 is 2.62 bits per heavy atom. The van der Waals surface area contributed by atoms with E-state index in [1.165, 1.54) is 35.2 Å². The third kappa shape index (κ3) is 5.66. The number of carbonyl (C=O) groups excluding carboxylic acids is 1. The summed E-state index contributed by atoms with van der Waals surface area (Å²) in [6.07, 6.45) is 2.77. The molecule has 0 spiro atoms. The molecule has 1 saturated carbocycles. The molecule has 0 unspecified atom stereocenters. The minimum Gasteiger partial charge on any atom is -0.467 e. The van der Waals surface area contributed by atoms with Crippen LogP contribution in [-0.2, 0) is 16.6 Å². The summed E-state index contributed by atoms with van der Waals surface area (Å²) < 4.78 is 54.8. The highest BCUT2D eigenvalue weighted by molar-refractivity contribution is 7.89. The first-order valence-electron chi connectivity index (χ1n) is 11.8. The predicted octanol–water partition coefficient (Wildman–Crippen LogP) is 3.98. The molecular weight excluding hydrogens is 533 g/mol. The average Bonchev–Trinajstić information content (AvgIpc) is 3.42. The molecule has 2 aromatic heterocycles. The van der Waals surface area contributed by atoms with Gasteiger partial charge in [-0.15, -0.1) is 0 Å². The predicted molar refractivity (Wildman–Crippen MR) is 135 cm³/mol. The number of halogens is 1. The standard InChI is InChI=1S/C25H22FN5O7S/c1-15-23(24(32)27-14-20-3-2-12-37-20)28-30(18-8-4-16(26)5-9-18)25(15)38-21-11-10-19(31(33)34)13-22(21)39(35,36)29-17-6-7-17/h2-5,8-13,17,29H,6-7,14H2,1H3,(H,27,32). The molecule has 5 rings (SSSR count). The zero-order valence-electron chi connectivity index (χ0n) is 20.5. The number of carbonyl (C=O) groups is 1. The van der Waals surface area contributed by atoms with Gasteiger partial charge in [0.2, 0.25) is 15.9 Å². The number of amides is 1. The Balaban J connectivity index is 1.57. The molecule has 1 amide bonds. The second kappa shape index (κ2) is 10.3. The first-order valence-corrected chi connectivity index (χ1v) is 13.3. The van der Waals surface area contributed by atoms with Gasteiger partial charge in [-0.3, -0.25) is 14.9 Å². The van der Waals surface area contributed by atoms with Gasteiger partial charge in [0.25, 0.3) is 11.6 Å². The Bertz CT molecular complexity index is 1650. The fourth-order valence-electron chi connectivity index (χ4n) is 3.73. The van der Waals surface area contributed by atoms with Crippen LogP contribution in [0.3, 0.4) is 0 Å². The second-order valence-electron chi connectivity index (χ2n) is 8.81. The number of aromatic nitrogens is 2. The van der Waals surface area contributed by atoms with Crippen molar-refractivity contribution in [1.82, 2.24) is 19.8 Å². The van der Waals surface area contributed by atoms with Gasteiger partial charge in [0, 0.05) is 23.7 Å². The molecule has 1 fully saturated rings. The minimum atomic E-state index is -4.19. The Kier molecular flexibility index (Phi) is 6.89.